The smallest absolute Gasteiger partial charge is 0.748 e. The van der Waals surface area contributed by atoms with Crippen molar-refractivity contribution in [2.45, 2.75) is 77.2 Å². The minimum Gasteiger partial charge on any atom is -0.748 e. The molecule has 0 aromatic rings. The van der Waals surface area contributed by atoms with Crippen LogP contribution in [0.4, 0.5) is 0 Å². The number of aliphatic hydroxyl groups is 1. The molecule has 0 saturated heterocycles. The van der Waals surface area contributed by atoms with Gasteiger partial charge in [0.25, 0.3) is 0 Å². The van der Waals surface area contributed by atoms with Crippen LogP contribution in [0, 0.1) is 0 Å². The molecule has 0 bridgehead atoms. The van der Waals surface area contributed by atoms with Gasteiger partial charge in [0.05, 0.1) is 16.2 Å². The second-order valence-electron chi connectivity index (χ2n) is 4.94. The molecule has 0 aliphatic carbocycles. The number of unbranched alkanes of at least 4 members (excludes halogenated alkanes) is 7. The Balaban J connectivity index is 0. The van der Waals surface area contributed by atoms with Gasteiger partial charge >= 0.3 is 51.4 Å². The van der Waals surface area contributed by atoms with E-state index >= 15 is 0 Å². The topological polar surface area (TPSA) is 77.4 Å². The zero-order chi connectivity index (χ0) is 13.9. The third-order valence-electron chi connectivity index (χ3n) is 3.15. The van der Waals surface area contributed by atoms with Crippen LogP contribution >= 0.6 is 0 Å². The van der Waals surface area contributed by atoms with E-state index < -0.39 is 10.1 Å². The molecule has 4 nitrogen and oxygen atoms in total. The molecule has 1 atom stereocenters. The molecule has 0 spiro atoms. The van der Waals surface area contributed by atoms with Gasteiger partial charge in [-0.25, -0.2) is 8.42 Å². The average Bonchev–Trinajstić information content (AvgIpc) is 2.29. The van der Waals surface area contributed by atoms with E-state index in [2.05, 4.69) is 0 Å². The Bertz CT molecular complexity index is 280. The summed E-state index contributed by atoms with van der Waals surface area (Å²) in [6, 6.07) is 0. The number of hydrogen-bond donors (Lipinski definition) is 1. The van der Waals surface area contributed by atoms with Crippen molar-refractivity contribution < 1.29 is 69.5 Å². The van der Waals surface area contributed by atoms with Crippen molar-refractivity contribution in [1.29, 1.82) is 0 Å². The van der Waals surface area contributed by atoms with Crippen LogP contribution in [0.15, 0.2) is 0 Å². The van der Waals surface area contributed by atoms with Crippen LogP contribution < -0.4 is 51.4 Å². The van der Waals surface area contributed by atoms with Gasteiger partial charge in [-0.1, -0.05) is 51.9 Å². The van der Waals surface area contributed by atoms with Crippen molar-refractivity contribution in [2.75, 3.05) is 5.75 Å². The van der Waals surface area contributed by atoms with Crippen LogP contribution in [-0.4, -0.2) is 29.9 Å². The van der Waals surface area contributed by atoms with E-state index in [0.29, 0.717) is 6.42 Å². The Morgan fingerprint density at radius 1 is 0.947 bits per heavy atom. The van der Waals surface area contributed by atoms with Gasteiger partial charge in [-0.15, -0.1) is 0 Å². The quantitative estimate of drug-likeness (QED) is 0.308. The molecule has 0 radical (unpaired) electrons. The molecule has 0 aromatic heterocycles. The van der Waals surface area contributed by atoms with E-state index in [1.807, 2.05) is 6.92 Å². The zero-order valence-electron chi connectivity index (χ0n) is 12.4. The minimum atomic E-state index is -4.01. The van der Waals surface area contributed by atoms with Gasteiger partial charge in [-0.05, 0) is 19.3 Å². The first kappa shape index (κ1) is 22.8. The molecule has 0 fully saturated rings. The van der Waals surface area contributed by atoms with Gasteiger partial charge in [-0.3, -0.25) is 0 Å². The molecule has 6 heteroatoms. The summed E-state index contributed by atoms with van der Waals surface area (Å²) in [7, 11) is -4.01. The van der Waals surface area contributed by atoms with Gasteiger partial charge in [0, 0.05) is 5.75 Å². The van der Waals surface area contributed by atoms with Crippen LogP contribution in [0.3, 0.4) is 0 Å². The molecule has 0 rings (SSSR count). The standard InChI is InChI=1S/C13H28O4S.K/c1-2-13(14)11-9-7-5-3-4-6-8-10-12-18(15,16)17;/h13-14H,2-12H2,1H3,(H,15,16,17);/q;+1/p-1. The second kappa shape index (κ2) is 14.4. The predicted octanol–water partition coefficient (Wildman–Crippen LogP) is -0.183. The van der Waals surface area contributed by atoms with E-state index in [-0.39, 0.29) is 63.2 Å². The Kier molecular flexibility index (Phi) is 17.3. The molecule has 0 saturated carbocycles. The summed E-state index contributed by atoms with van der Waals surface area (Å²) in [5.74, 6) is -0.220. The van der Waals surface area contributed by atoms with Crippen molar-refractivity contribution in [2.24, 2.45) is 0 Å². The molecule has 1 N–H and O–H groups in total. The van der Waals surface area contributed by atoms with Crippen molar-refractivity contribution in [3.05, 3.63) is 0 Å². The Hall–Kier alpha value is 1.51. The van der Waals surface area contributed by atoms with E-state index in [1.54, 1.807) is 0 Å². The first-order chi connectivity index (χ1) is 8.45. The Morgan fingerprint density at radius 2 is 1.37 bits per heavy atom. The molecule has 110 valence electrons. The molecular formula is C13H27KO4S. The maximum absolute atomic E-state index is 10.3. The number of aliphatic hydroxyl groups excluding tert-OH is 1. The van der Waals surface area contributed by atoms with E-state index in [9.17, 15) is 18.1 Å². The maximum atomic E-state index is 10.3. The third-order valence-corrected chi connectivity index (χ3v) is 3.94. The zero-order valence-corrected chi connectivity index (χ0v) is 16.4. The number of rotatable bonds is 12. The normalized spacial score (nSPS) is 13.0. The van der Waals surface area contributed by atoms with Gasteiger partial charge < -0.3 is 9.66 Å². The predicted molar refractivity (Wildman–Crippen MR) is 72.4 cm³/mol. The first-order valence-corrected chi connectivity index (χ1v) is 8.65. The molecule has 1 unspecified atom stereocenters. The number of hydrogen-bond acceptors (Lipinski definition) is 4. The molecule has 0 aliphatic rings. The Labute approximate surface area is 160 Å². The molecule has 0 aliphatic heterocycles. The summed E-state index contributed by atoms with van der Waals surface area (Å²) in [5, 5.41) is 9.35. The molecule has 0 amide bonds. The van der Waals surface area contributed by atoms with Gasteiger partial charge in [0.1, 0.15) is 0 Å². The summed E-state index contributed by atoms with van der Waals surface area (Å²) >= 11 is 0. The van der Waals surface area contributed by atoms with Crippen molar-refractivity contribution in [1.82, 2.24) is 0 Å². The van der Waals surface area contributed by atoms with Crippen molar-refractivity contribution in [3.8, 4) is 0 Å². The monoisotopic (exact) mass is 318 g/mol. The molecule has 0 heterocycles. The SMILES string of the molecule is CCC(O)CCCCCCCCCCS(=O)(=O)[O-].[K+]. The van der Waals surface area contributed by atoms with Crippen LogP contribution in [0.5, 0.6) is 0 Å². The first-order valence-electron chi connectivity index (χ1n) is 7.07. The van der Waals surface area contributed by atoms with E-state index in [0.717, 1.165) is 51.4 Å². The molecule has 0 aromatic carbocycles. The average molecular weight is 319 g/mol. The van der Waals surface area contributed by atoms with Crippen LogP contribution in [0.2, 0.25) is 0 Å². The molecule has 19 heavy (non-hydrogen) atoms. The summed E-state index contributed by atoms with van der Waals surface area (Å²) in [6.45, 7) is 1.99. The van der Waals surface area contributed by atoms with Gasteiger partial charge in [0.2, 0.25) is 0 Å². The van der Waals surface area contributed by atoms with Crippen LogP contribution in [0.25, 0.3) is 0 Å². The fourth-order valence-electron chi connectivity index (χ4n) is 1.92. The fraction of sp³-hybridized carbons (Fsp3) is 1.00. The molecular weight excluding hydrogens is 291 g/mol. The van der Waals surface area contributed by atoms with Gasteiger partial charge in [-0.2, -0.15) is 0 Å². The summed E-state index contributed by atoms with van der Waals surface area (Å²) < 4.78 is 31.0. The largest absolute Gasteiger partial charge is 1.00 e. The van der Waals surface area contributed by atoms with E-state index in [4.69, 9.17) is 0 Å². The van der Waals surface area contributed by atoms with Crippen molar-refractivity contribution >= 4 is 10.1 Å². The van der Waals surface area contributed by atoms with E-state index in [1.165, 1.54) is 6.42 Å². The minimum absolute atomic E-state index is 0. The van der Waals surface area contributed by atoms with Crippen LogP contribution in [-0.2, 0) is 10.1 Å². The summed E-state index contributed by atoms with van der Waals surface area (Å²) in [5.41, 5.74) is 0. The summed E-state index contributed by atoms with van der Waals surface area (Å²) in [6.07, 6.45) is 9.62. The Morgan fingerprint density at radius 3 is 1.79 bits per heavy atom. The van der Waals surface area contributed by atoms with Crippen LogP contribution in [0.1, 0.15) is 71.1 Å². The third kappa shape index (κ3) is 19.5. The van der Waals surface area contributed by atoms with Crippen molar-refractivity contribution in [3.63, 3.8) is 0 Å². The second-order valence-corrected chi connectivity index (χ2v) is 6.46. The fourth-order valence-corrected chi connectivity index (χ4v) is 2.48. The maximum Gasteiger partial charge on any atom is 1.00 e. The summed E-state index contributed by atoms with van der Waals surface area (Å²) in [4.78, 5) is 0. The van der Waals surface area contributed by atoms with Gasteiger partial charge in [0.15, 0.2) is 0 Å².